The number of oxime groups is 1. The summed E-state index contributed by atoms with van der Waals surface area (Å²) in [6, 6.07) is 0. The van der Waals surface area contributed by atoms with Crippen LogP contribution in [-0.4, -0.2) is 43.5 Å². The third-order valence-corrected chi connectivity index (χ3v) is 4.03. The summed E-state index contributed by atoms with van der Waals surface area (Å²) in [4.78, 5) is 0. The summed E-state index contributed by atoms with van der Waals surface area (Å²) in [7, 11) is -3.55. The highest BCUT2D eigenvalue weighted by atomic mass is 32.2. The third-order valence-electron chi connectivity index (χ3n) is 2.56. The van der Waals surface area contributed by atoms with Crippen molar-refractivity contribution in [3.63, 3.8) is 0 Å². The van der Waals surface area contributed by atoms with E-state index in [1.54, 1.807) is 13.8 Å². The van der Waals surface area contributed by atoms with Crippen LogP contribution in [0.25, 0.3) is 0 Å². The maximum absolute atomic E-state index is 11.8. The predicted octanol–water partition coefficient (Wildman–Crippen LogP) is 0.246. The van der Waals surface area contributed by atoms with Gasteiger partial charge in [0.15, 0.2) is 5.84 Å². The van der Waals surface area contributed by atoms with E-state index in [9.17, 15) is 8.42 Å². The van der Waals surface area contributed by atoms with E-state index in [0.717, 1.165) is 0 Å². The minimum absolute atomic E-state index is 0.0261. The van der Waals surface area contributed by atoms with Gasteiger partial charge in [0.2, 0.25) is 10.0 Å². The van der Waals surface area contributed by atoms with E-state index in [-0.39, 0.29) is 24.3 Å². The molecule has 108 valence electrons. The normalized spacial score (nSPS) is 16.8. The number of sulfonamides is 1. The van der Waals surface area contributed by atoms with Crippen molar-refractivity contribution >= 4 is 15.9 Å². The topological polar surface area (TPSA) is 114 Å². The Balaban J connectivity index is 4.64. The van der Waals surface area contributed by atoms with Crippen LogP contribution in [0.3, 0.4) is 0 Å². The Hall–Kier alpha value is -0.860. The van der Waals surface area contributed by atoms with Crippen molar-refractivity contribution < 1.29 is 18.4 Å². The monoisotopic (exact) mass is 281 g/mol. The van der Waals surface area contributed by atoms with Gasteiger partial charge >= 0.3 is 0 Å². The largest absolute Gasteiger partial charge is 0.409 e. The van der Waals surface area contributed by atoms with Gasteiger partial charge < -0.3 is 15.7 Å². The quantitative estimate of drug-likeness (QED) is 0.255. The number of rotatable bonds is 8. The minimum atomic E-state index is -3.55. The molecule has 4 N–H and O–H groups in total. The standard InChI is InChI=1S/C10H23N3O4S/c1-5-10(4,9(11)12-14)13-18(15,16)7-6-17-8(2)3/h8,13-14H,5-7H2,1-4H3,(H2,11,12). The highest BCUT2D eigenvalue weighted by Gasteiger charge is 2.32. The van der Waals surface area contributed by atoms with Crippen molar-refractivity contribution in [2.45, 2.75) is 45.8 Å². The maximum atomic E-state index is 11.8. The van der Waals surface area contributed by atoms with Gasteiger partial charge in [-0.15, -0.1) is 0 Å². The molecule has 0 aromatic carbocycles. The Morgan fingerprint density at radius 2 is 2.11 bits per heavy atom. The van der Waals surface area contributed by atoms with Gasteiger partial charge in [-0.05, 0) is 27.2 Å². The summed E-state index contributed by atoms with van der Waals surface area (Å²) in [5.41, 5.74) is 4.40. The van der Waals surface area contributed by atoms with E-state index in [1.807, 2.05) is 13.8 Å². The molecule has 0 aliphatic carbocycles. The third kappa shape index (κ3) is 5.65. The van der Waals surface area contributed by atoms with Gasteiger partial charge in [-0.3, -0.25) is 0 Å². The molecular formula is C10H23N3O4S. The lowest BCUT2D eigenvalue weighted by molar-refractivity contribution is 0.0911. The van der Waals surface area contributed by atoms with Crippen molar-refractivity contribution in [3.8, 4) is 0 Å². The van der Waals surface area contributed by atoms with E-state index in [2.05, 4.69) is 9.88 Å². The molecule has 0 saturated heterocycles. The van der Waals surface area contributed by atoms with E-state index in [0.29, 0.717) is 6.42 Å². The molecule has 0 aliphatic rings. The first-order valence-corrected chi connectivity index (χ1v) is 7.43. The van der Waals surface area contributed by atoms with Crippen molar-refractivity contribution in [2.24, 2.45) is 10.9 Å². The van der Waals surface area contributed by atoms with Gasteiger partial charge in [0.1, 0.15) is 0 Å². The Kier molecular flexibility index (Phi) is 6.58. The van der Waals surface area contributed by atoms with Gasteiger partial charge in [0, 0.05) is 0 Å². The molecule has 8 heteroatoms. The second-order valence-electron chi connectivity index (χ2n) is 4.51. The summed E-state index contributed by atoms with van der Waals surface area (Å²) in [6.45, 7) is 7.05. The van der Waals surface area contributed by atoms with Gasteiger partial charge in [-0.25, -0.2) is 13.1 Å². The first-order valence-electron chi connectivity index (χ1n) is 5.78. The lowest BCUT2D eigenvalue weighted by Crippen LogP contribution is -2.55. The molecule has 0 aromatic rings. The van der Waals surface area contributed by atoms with Crippen LogP contribution in [0.15, 0.2) is 5.16 Å². The first-order chi connectivity index (χ1) is 8.17. The fraction of sp³-hybridized carbons (Fsp3) is 0.900. The fourth-order valence-corrected chi connectivity index (χ4v) is 2.56. The Morgan fingerprint density at radius 3 is 2.50 bits per heavy atom. The summed E-state index contributed by atoms with van der Waals surface area (Å²) >= 11 is 0. The Bertz CT molecular complexity index is 381. The van der Waals surface area contributed by atoms with E-state index < -0.39 is 15.6 Å². The summed E-state index contributed by atoms with van der Waals surface area (Å²) in [6.07, 6.45) is 0.342. The molecule has 0 heterocycles. The zero-order chi connectivity index (χ0) is 14.4. The number of amidine groups is 1. The second-order valence-corrected chi connectivity index (χ2v) is 6.35. The molecule has 1 atom stereocenters. The van der Waals surface area contributed by atoms with Crippen molar-refractivity contribution in [2.75, 3.05) is 12.4 Å². The highest BCUT2D eigenvalue weighted by molar-refractivity contribution is 7.89. The van der Waals surface area contributed by atoms with E-state index in [1.165, 1.54) is 0 Å². The Labute approximate surface area is 108 Å². The smallest absolute Gasteiger partial charge is 0.214 e. The molecule has 0 aliphatic heterocycles. The van der Waals surface area contributed by atoms with Gasteiger partial charge in [0.05, 0.1) is 24.0 Å². The SMILES string of the molecule is CCC(C)(NS(=O)(=O)CCOC(C)C)C(N)=NO. The second kappa shape index (κ2) is 6.91. The first kappa shape index (κ1) is 17.1. The zero-order valence-corrected chi connectivity index (χ0v) is 12.1. The summed E-state index contributed by atoms with van der Waals surface area (Å²) in [5.74, 6) is -0.335. The summed E-state index contributed by atoms with van der Waals surface area (Å²) < 4.78 is 31.3. The average Bonchev–Trinajstić information content (AvgIpc) is 2.26. The number of nitrogens with one attached hydrogen (secondary N) is 1. The van der Waals surface area contributed by atoms with Crippen molar-refractivity contribution in [1.82, 2.24) is 4.72 Å². The van der Waals surface area contributed by atoms with Gasteiger partial charge in [-0.2, -0.15) is 0 Å². The Morgan fingerprint density at radius 1 is 1.56 bits per heavy atom. The van der Waals surface area contributed by atoms with Crippen LogP contribution < -0.4 is 10.5 Å². The van der Waals surface area contributed by atoms with Crippen LogP contribution in [0, 0.1) is 0 Å². The van der Waals surface area contributed by atoms with Crippen molar-refractivity contribution in [1.29, 1.82) is 0 Å². The molecule has 1 unspecified atom stereocenters. The number of nitrogens with two attached hydrogens (primary N) is 1. The zero-order valence-electron chi connectivity index (χ0n) is 11.3. The average molecular weight is 281 g/mol. The molecule has 0 rings (SSSR count). The van der Waals surface area contributed by atoms with Crippen LogP contribution in [0.4, 0.5) is 0 Å². The van der Waals surface area contributed by atoms with Crippen LogP contribution >= 0.6 is 0 Å². The molecule has 0 spiro atoms. The molecule has 0 amide bonds. The molecule has 7 nitrogen and oxygen atoms in total. The van der Waals surface area contributed by atoms with E-state index >= 15 is 0 Å². The van der Waals surface area contributed by atoms with Crippen LogP contribution in [0.2, 0.25) is 0 Å². The van der Waals surface area contributed by atoms with Gasteiger partial charge in [0.25, 0.3) is 0 Å². The highest BCUT2D eigenvalue weighted by Crippen LogP contribution is 2.11. The lowest BCUT2D eigenvalue weighted by atomic mass is 10.00. The van der Waals surface area contributed by atoms with Crippen LogP contribution in [0.5, 0.6) is 0 Å². The van der Waals surface area contributed by atoms with E-state index in [4.69, 9.17) is 15.7 Å². The summed E-state index contributed by atoms with van der Waals surface area (Å²) in [5, 5.41) is 11.5. The molecule has 18 heavy (non-hydrogen) atoms. The number of hydrogen-bond acceptors (Lipinski definition) is 5. The maximum Gasteiger partial charge on any atom is 0.214 e. The molecule has 0 fully saturated rings. The fourth-order valence-electron chi connectivity index (χ4n) is 1.20. The van der Waals surface area contributed by atoms with Crippen LogP contribution in [-0.2, 0) is 14.8 Å². The molecular weight excluding hydrogens is 258 g/mol. The van der Waals surface area contributed by atoms with Crippen LogP contribution in [0.1, 0.15) is 34.1 Å². The molecule has 0 saturated carbocycles. The minimum Gasteiger partial charge on any atom is -0.409 e. The molecule has 0 bridgehead atoms. The predicted molar refractivity (Wildman–Crippen MR) is 70.1 cm³/mol. The number of nitrogens with zero attached hydrogens (tertiary/aromatic N) is 1. The number of ether oxygens (including phenoxy) is 1. The number of hydrogen-bond donors (Lipinski definition) is 3. The molecule has 0 aromatic heterocycles. The van der Waals surface area contributed by atoms with Gasteiger partial charge in [-0.1, -0.05) is 12.1 Å². The van der Waals surface area contributed by atoms with Crippen molar-refractivity contribution in [3.05, 3.63) is 0 Å². The molecule has 0 radical (unpaired) electrons. The lowest BCUT2D eigenvalue weighted by Gasteiger charge is -2.27.